The first-order valence-electron chi connectivity index (χ1n) is 34.3. The van der Waals surface area contributed by atoms with E-state index in [1.807, 2.05) is 6.07 Å². The summed E-state index contributed by atoms with van der Waals surface area (Å²) >= 11 is 0. The summed E-state index contributed by atoms with van der Waals surface area (Å²) in [5.41, 5.74) is 29.2. The average molecular weight is 1280 g/mol. The topological polar surface area (TPSA) is 56.4 Å². The molecule has 14 aromatic carbocycles. The predicted molar refractivity (Wildman–Crippen MR) is 418 cm³/mol. The lowest BCUT2D eigenvalue weighted by atomic mass is 9.80. The van der Waals surface area contributed by atoms with Gasteiger partial charge >= 0.3 is 0 Å². The van der Waals surface area contributed by atoms with Crippen LogP contribution in [0.5, 0.6) is 0 Å². The molecule has 19 aromatic rings. The van der Waals surface area contributed by atoms with Crippen LogP contribution in [-0.2, 0) is 0 Å². The van der Waals surface area contributed by atoms with Gasteiger partial charge in [-0.2, -0.15) is 5.26 Å². The molecule has 6 heteroatoms. The Bertz CT molecular complexity index is 6480. The Labute approximate surface area is 579 Å². The van der Waals surface area contributed by atoms with E-state index in [0.717, 1.165) is 150 Å². The Morgan fingerprint density at radius 3 is 0.970 bits per heavy atom. The summed E-state index contributed by atoms with van der Waals surface area (Å²) in [5.74, 6) is 0. The Hall–Kier alpha value is -13.1. The van der Waals surface area contributed by atoms with Gasteiger partial charge in [-0.1, -0.05) is 218 Å². The van der Waals surface area contributed by atoms with Gasteiger partial charge in [-0.15, -0.1) is 0 Å². The second-order valence-corrected chi connectivity index (χ2v) is 26.6. The van der Waals surface area contributed by atoms with Gasteiger partial charge in [-0.05, 0) is 180 Å². The number of rotatable bonds is 10. The van der Waals surface area contributed by atoms with E-state index in [4.69, 9.17) is 4.98 Å². The molecule has 0 unspecified atom stereocenters. The van der Waals surface area contributed by atoms with Crippen LogP contribution >= 0.6 is 0 Å². The molecular weight excluding hydrogens is 1210 g/mol. The summed E-state index contributed by atoms with van der Waals surface area (Å²) < 4.78 is 9.79. The van der Waals surface area contributed by atoms with Gasteiger partial charge < -0.3 is 18.3 Å². The van der Waals surface area contributed by atoms with E-state index in [1.54, 1.807) is 0 Å². The molecular formula is C94H64N6. The van der Waals surface area contributed by atoms with Gasteiger partial charge in [0.15, 0.2) is 0 Å². The van der Waals surface area contributed by atoms with Crippen molar-refractivity contribution in [1.29, 1.82) is 5.26 Å². The molecule has 0 spiro atoms. The highest BCUT2D eigenvalue weighted by Crippen LogP contribution is 2.54. The normalized spacial score (nSPS) is 11.8. The van der Waals surface area contributed by atoms with Crippen molar-refractivity contribution in [2.75, 3.05) is 0 Å². The molecule has 5 aromatic heterocycles. The molecule has 0 aliphatic heterocycles. The highest BCUT2D eigenvalue weighted by Gasteiger charge is 2.35. The summed E-state index contributed by atoms with van der Waals surface area (Å²) in [7, 11) is 0. The Balaban J connectivity index is 0.914. The zero-order valence-electron chi connectivity index (χ0n) is 55.7. The second kappa shape index (κ2) is 23.1. The number of aromatic nitrogens is 5. The maximum atomic E-state index is 12.8. The lowest BCUT2D eigenvalue weighted by Gasteiger charge is -2.30. The van der Waals surface area contributed by atoms with Crippen molar-refractivity contribution < 1.29 is 0 Å². The number of pyridine rings is 1. The van der Waals surface area contributed by atoms with E-state index < -0.39 is 0 Å². The molecule has 0 saturated carbocycles. The first kappa shape index (κ1) is 58.3. The van der Waals surface area contributed by atoms with Gasteiger partial charge in [-0.3, -0.25) is 0 Å². The third kappa shape index (κ3) is 8.92. The molecule has 0 fully saturated rings. The fraction of sp³-hybridized carbons (Fsp3) is 0.0426. The lowest BCUT2D eigenvalue weighted by Crippen LogP contribution is -2.13. The van der Waals surface area contributed by atoms with Crippen molar-refractivity contribution in [1.82, 2.24) is 23.3 Å². The van der Waals surface area contributed by atoms with Crippen molar-refractivity contribution in [2.45, 2.75) is 27.7 Å². The zero-order chi connectivity index (χ0) is 66.9. The van der Waals surface area contributed by atoms with Crippen LogP contribution in [0.2, 0.25) is 0 Å². The SMILES string of the molecule is Cc1cccc(C)c1-c1c(C#N)c(-c2cccc(-c3ccccc3)n2)c(-c2c(C)cccc2C)c(-n2c3ccccc3c3cc(-c4ccc(-n5c6ccccc6c6ccccc65)cc4)ccc32)c1-n1c2ccccc2c2cc(-c3ccc(-n4c5ccccc5c5ccccc54)cc3)ccc21. The number of fused-ring (bicyclic) bond motifs is 12. The van der Waals surface area contributed by atoms with E-state index in [1.165, 1.54) is 43.6 Å². The predicted octanol–water partition coefficient (Wildman–Crippen LogP) is 24.6. The maximum absolute atomic E-state index is 12.8. The summed E-state index contributed by atoms with van der Waals surface area (Å²) in [5, 5.41) is 22.1. The zero-order valence-corrected chi connectivity index (χ0v) is 55.7. The molecule has 6 nitrogen and oxygen atoms in total. The van der Waals surface area contributed by atoms with Crippen molar-refractivity contribution in [3.8, 4) is 95.8 Å². The van der Waals surface area contributed by atoms with E-state index in [2.05, 4.69) is 361 Å². The standard InChI is InChI=1S/C94H64N6/c1-58-23-20-24-59(2)88(58)91-77(57-95)90(79-36-22-35-78(96-79)64-27-6-5-7-28-64)92(89-60(3)25-21-26-61(89)4)94(100-85-42-19-13-34-74(85)76-56-66(48-54-87(76)100)63-45-51-68(52-46-63)98-82-39-16-10-31-71(82)72-32-11-17-40-83(72)98)93(91)99-84-41-18-12-33-73(84)75-55-65(47-53-86(75)99)62-43-49-67(50-44-62)97-80-37-14-8-29-69(80)70-30-9-15-38-81(70)97/h5-56H,1-4H3. The monoisotopic (exact) mass is 1280 g/mol. The Kier molecular flexibility index (Phi) is 13.4. The highest BCUT2D eigenvalue weighted by atomic mass is 15.1. The van der Waals surface area contributed by atoms with Crippen LogP contribution < -0.4 is 0 Å². The van der Waals surface area contributed by atoms with Crippen LogP contribution in [0.4, 0.5) is 0 Å². The smallest absolute Gasteiger partial charge is 0.101 e. The number of aryl methyl sites for hydroxylation is 4. The van der Waals surface area contributed by atoms with Crippen molar-refractivity contribution in [3.63, 3.8) is 0 Å². The third-order valence-electron chi connectivity index (χ3n) is 21.0. The summed E-state index contributed by atoms with van der Waals surface area (Å²) in [6.07, 6.45) is 0. The van der Waals surface area contributed by atoms with Crippen LogP contribution in [0, 0.1) is 39.0 Å². The largest absolute Gasteiger partial charge is 0.309 e. The quantitative estimate of drug-likeness (QED) is 0.137. The molecule has 0 radical (unpaired) electrons. The molecule has 19 rings (SSSR count). The minimum absolute atomic E-state index is 0.546. The molecule has 0 atom stereocenters. The minimum Gasteiger partial charge on any atom is -0.309 e. The van der Waals surface area contributed by atoms with E-state index in [9.17, 15) is 5.26 Å². The fourth-order valence-electron chi connectivity index (χ4n) is 16.6. The fourth-order valence-corrected chi connectivity index (χ4v) is 16.6. The number of hydrogen-bond acceptors (Lipinski definition) is 2. The highest BCUT2D eigenvalue weighted by molar-refractivity contribution is 6.17. The molecule has 0 aliphatic carbocycles. The van der Waals surface area contributed by atoms with Gasteiger partial charge in [0.05, 0.1) is 72.5 Å². The molecule has 470 valence electrons. The molecule has 5 heterocycles. The van der Waals surface area contributed by atoms with Crippen LogP contribution in [-0.4, -0.2) is 23.3 Å². The van der Waals surface area contributed by atoms with Gasteiger partial charge in [0.25, 0.3) is 0 Å². The van der Waals surface area contributed by atoms with Gasteiger partial charge in [0.1, 0.15) is 6.07 Å². The first-order valence-corrected chi connectivity index (χ1v) is 34.3. The molecule has 0 aliphatic rings. The number of nitriles is 1. The number of para-hydroxylation sites is 6. The Morgan fingerprint density at radius 1 is 0.240 bits per heavy atom. The lowest BCUT2D eigenvalue weighted by molar-refractivity contribution is 1.09. The van der Waals surface area contributed by atoms with Crippen molar-refractivity contribution >= 4 is 87.2 Å². The average Bonchev–Trinajstić information content (AvgIpc) is 1.37. The molecule has 0 bridgehead atoms. The van der Waals surface area contributed by atoms with Crippen LogP contribution in [0.1, 0.15) is 27.8 Å². The van der Waals surface area contributed by atoms with E-state index in [-0.39, 0.29) is 0 Å². The maximum Gasteiger partial charge on any atom is 0.101 e. The first-order chi connectivity index (χ1) is 49.3. The summed E-state index contributed by atoms with van der Waals surface area (Å²) in [6.45, 7) is 8.83. The van der Waals surface area contributed by atoms with Gasteiger partial charge in [0, 0.05) is 76.7 Å². The third-order valence-corrected chi connectivity index (χ3v) is 21.0. The van der Waals surface area contributed by atoms with Gasteiger partial charge in [0.2, 0.25) is 0 Å². The molecule has 0 saturated heterocycles. The van der Waals surface area contributed by atoms with E-state index >= 15 is 0 Å². The van der Waals surface area contributed by atoms with Crippen molar-refractivity contribution in [2.24, 2.45) is 0 Å². The second-order valence-electron chi connectivity index (χ2n) is 26.6. The van der Waals surface area contributed by atoms with Crippen molar-refractivity contribution in [3.05, 3.63) is 343 Å². The summed E-state index contributed by atoms with van der Waals surface area (Å²) in [4.78, 5) is 5.70. The number of hydrogen-bond donors (Lipinski definition) is 0. The molecule has 100 heavy (non-hydrogen) atoms. The van der Waals surface area contributed by atoms with Crippen LogP contribution in [0.3, 0.4) is 0 Å². The Morgan fingerprint density at radius 2 is 0.560 bits per heavy atom. The van der Waals surface area contributed by atoms with E-state index in [0.29, 0.717) is 11.3 Å². The molecule has 0 amide bonds. The van der Waals surface area contributed by atoms with Crippen LogP contribution in [0.15, 0.2) is 315 Å². The minimum atomic E-state index is 0.546. The molecule has 0 N–H and O–H groups in total. The number of benzene rings is 14. The number of nitrogens with zero attached hydrogens (tertiary/aromatic N) is 6. The van der Waals surface area contributed by atoms with Crippen LogP contribution in [0.25, 0.3) is 177 Å². The van der Waals surface area contributed by atoms with Gasteiger partial charge in [-0.25, -0.2) is 4.98 Å². The summed E-state index contributed by atoms with van der Waals surface area (Å²) in [6, 6.07) is 117.